The molecule has 2 rings (SSSR count). The maximum absolute atomic E-state index is 12.1. The summed E-state index contributed by atoms with van der Waals surface area (Å²) < 4.78 is 0. The molecular formula is C12H16N2OS. The Kier molecular flexibility index (Phi) is 3.51. The Labute approximate surface area is 100.0 Å². The van der Waals surface area contributed by atoms with Gasteiger partial charge in [-0.15, -0.1) is 11.8 Å². The van der Waals surface area contributed by atoms with Crippen molar-refractivity contribution in [1.29, 1.82) is 0 Å². The molecule has 0 bridgehead atoms. The summed E-state index contributed by atoms with van der Waals surface area (Å²) >= 11 is 1.79. The van der Waals surface area contributed by atoms with E-state index in [0.717, 1.165) is 18.0 Å². The van der Waals surface area contributed by atoms with Gasteiger partial charge in [-0.25, -0.2) is 0 Å². The molecular weight excluding hydrogens is 220 g/mol. The largest absolute Gasteiger partial charge is 0.320 e. The van der Waals surface area contributed by atoms with Gasteiger partial charge >= 0.3 is 0 Å². The molecule has 0 aromatic heterocycles. The van der Waals surface area contributed by atoms with E-state index in [4.69, 9.17) is 5.73 Å². The minimum absolute atomic E-state index is 0.0373. The van der Waals surface area contributed by atoms with Gasteiger partial charge in [0.1, 0.15) is 0 Å². The number of hydrogen-bond acceptors (Lipinski definition) is 3. The molecule has 4 heteroatoms. The van der Waals surface area contributed by atoms with Crippen molar-refractivity contribution in [2.45, 2.75) is 24.3 Å². The molecule has 16 heavy (non-hydrogen) atoms. The van der Waals surface area contributed by atoms with Crippen LogP contribution < -0.4 is 10.6 Å². The zero-order chi connectivity index (χ0) is 11.5. The van der Waals surface area contributed by atoms with Gasteiger partial charge in [0.15, 0.2) is 0 Å². The summed E-state index contributed by atoms with van der Waals surface area (Å²) in [5, 5.41) is 0. The molecule has 1 heterocycles. The molecule has 0 aliphatic carbocycles. The third-order valence-corrected chi connectivity index (χ3v) is 3.79. The van der Waals surface area contributed by atoms with Crippen LogP contribution in [0.15, 0.2) is 29.2 Å². The molecule has 0 saturated carbocycles. The van der Waals surface area contributed by atoms with E-state index < -0.39 is 0 Å². The van der Waals surface area contributed by atoms with E-state index in [-0.39, 0.29) is 11.9 Å². The second-order valence-electron chi connectivity index (χ2n) is 3.82. The summed E-state index contributed by atoms with van der Waals surface area (Å²) in [5.74, 6) is 0.981. The van der Waals surface area contributed by atoms with Crippen LogP contribution in [0, 0.1) is 0 Å². The van der Waals surface area contributed by atoms with Gasteiger partial charge in [-0.2, -0.15) is 0 Å². The summed E-state index contributed by atoms with van der Waals surface area (Å²) in [6.07, 6.45) is 0.685. The van der Waals surface area contributed by atoms with Crippen molar-refractivity contribution in [3.8, 4) is 0 Å². The molecule has 3 nitrogen and oxygen atoms in total. The molecule has 1 aromatic rings. The average Bonchev–Trinajstić information content (AvgIpc) is 2.36. The molecule has 0 unspecified atom stereocenters. The monoisotopic (exact) mass is 236 g/mol. The van der Waals surface area contributed by atoms with Crippen LogP contribution in [-0.2, 0) is 4.79 Å². The van der Waals surface area contributed by atoms with Gasteiger partial charge in [0.2, 0.25) is 5.91 Å². The van der Waals surface area contributed by atoms with Crippen LogP contribution in [0.25, 0.3) is 0 Å². The highest BCUT2D eigenvalue weighted by molar-refractivity contribution is 7.99. The predicted octanol–water partition coefficient (Wildman–Crippen LogP) is 1.86. The lowest BCUT2D eigenvalue weighted by atomic mass is 10.2. The molecule has 0 saturated heterocycles. The molecule has 1 aliphatic heterocycles. The Bertz CT molecular complexity index is 394. The van der Waals surface area contributed by atoms with Crippen molar-refractivity contribution in [3.63, 3.8) is 0 Å². The van der Waals surface area contributed by atoms with Crippen LogP contribution in [0.4, 0.5) is 5.69 Å². The van der Waals surface area contributed by atoms with Crippen molar-refractivity contribution in [3.05, 3.63) is 24.3 Å². The van der Waals surface area contributed by atoms with E-state index in [1.165, 1.54) is 4.90 Å². The Balaban J connectivity index is 2.28. The lowest BCUT2D eigenvalue weighted by molar-refractivity contribution is -0.119. The number of anilines is 1. The van der Waals surface area contributed by atoms with E-state index in [0.29, 0.717) is 6.42 Å². The number of nitrogens with zero attached hydrogens (tertiary/aromatic N) is 1. The minimum Gasteiger partial charge on any atom is -0.320 e. The van der Waals surface area contributed by atoms with Crippen LogP contribution in [0.2, 0.25) is 0 Å². The second kappa shape index (κ2) is 4.89. The quantitative estimate of drug-likeness (QED) is 0.852. The lowest BCUT2D eigenvalue weighted by Crippen LogP contribution is -2.45. The number of amides is 1. The van der Waals surface area contributed by atoms with Crippen LogP contribution in [0.1, 0.15) is 13.3 Å². The number of carbonyl (C=O) groups is 1. The molecule has 1 amide bonds. The van der Waals surface area contributed by atoms with Gasteiger partial charge in [0.25, 0.3) is 0 Å². The van der Waals surface area contributed by atoms with E-state index in [1.54, 1.807) is 11.8 Å². The van der Waals surface area contributed by atoms with Crippen molar-refractivity contribution in [1.82, 2.24) is 0 Å². The molecule has 0 radical (unpaired) electrons. The zero-order valence-electron chi connectivity index (χ0n) is 9.35. The van der Waals surface area contributed by atoms with Gasteiger partial charge in [-0.05, 0) is 18.6 Å². The fourth-order valence-corrected chi connectivity index (χ4v) is 2.77. The SMILES string of the molecule is CC[C@H](N)C(=O)N1CCSc2ccccc21. The van der Waals surface area contributed by atoms with Crippen LogP contribution in [0.3, 0.4) is 0 Å². The topological polar surface area (TPSA) is 46.3 Å². The maximum Gasteiger partial charge on any atom is 0.243 e. The smallest absolute Gasteiger partial charge is 0.243 e. The average molecular weight is 236 g/mol. The molecule has 0 spiro atoms. The van der Waals surface area contributed by atoms with Crippen LogP contribution >= 0.6 is 11.8 Å². The van der Waals surface area contributed by atoms with Gasteiger partial charge in [0, 0.05) is 17.2 Å². The highest BCUT2D eigenvalue weighted by Gasteiger charge is 2.25. The number of benzene rings is 1. The number of carbonyl (C=O) groups excluding carboxylic acids is 1. The summed E-state index contributed by atoms with van der Waals surface area (Å²) in [6.45, 7) is 2.70. The van der Waals surface area contributed by atoms with Crippen molar-refractivity contribution in [2.24, 2.45) is 5.73 Å². The van der Waals surface area contributed by atoms with Gasteiger partial charge < -0.3 is 10.6 Å². The van der Waals surface area contributed by atoms with Gasteiger partial charge in [-0.3, -0.25) is 4.79 Å². The normalized spacial score (nSPS) is 16.8. The Morgan fingerprint density at radius 2 is 2.31 bits per heavy atom. The number of fused-ring (bicyclic) bond motifs is 1. The Hall–Kier alpha value is -1.00. The van der Waals surface area contributed by atoms with Gasteiger partial charge in [-0.1, -0.05) is 19.1 Å². The lowest BCUT2D eigenvalue weighted by Gasteiger charge is -2.30. The van der Waals surface area contributed by atoms with Crippen molar-refractivity contribution < 1.29 is 4.79 Å². The molecule has 2 N–H and O–H groups in total. The number of rotatable bonds is 2. The van der Waals surface area contributed by atoms with E-state index in [9.17, 15) is 4.79 Å². The Morgan fingerprint density at radius 3 is 3.06 bits per heavy atom. The first-order valence-corrected chi connectivity index (χ1v) is 6.51. The van der Waals surface area contributed by atoms with E-state index in [1.807, 2.05) is 30.0 Å². The third kappa shape index (κ3) is 2.08. The molecule has 1 atom stereocenters. The van der Waals surface area contributed by atoms with Gasteiger partial charge in [0.05, 0.1) is 11.7 Å². The summed E-state index contributed by atoms with van der Waals surface area (Å²) in [5.41, 5.74) is 6.81. The maximum atomic E-state index is 12.1. The number of thioether (sulfide) groups is 1. The standard InChI is InChI=1S/C12H16N2OS/c1-2-9(13)12(15)14-7-8-16-11-6-4-3-5-10(11)14/h3-6,9H,2,7-8,13H2,1H3/t9-/m0/s1. The summed E-state index contributed by atoms with van der Waals surface area (Å²) in [6, 6.07) is 7.62. The summed E-state index contributed by atoms with van der Waals surface area (Å²) in [4.78, 5) is 15.1. The molecule has 1 aliphatic rings. The van der Waals surface area contributed by atoms with Crippen LogP contribution in [0.5, 0.6) is 0 Å². The molecule has 0 fully saturated rings. The number of nitrogens with two attached hydrogens (primary N) is 1. The number of para-hydroxylation sites is 1. The first-order chi connectivity index (χ1) is 7.74. The fraction of sp³-hybridized carbons (Fsp3) is 0.417. The highest BCUT2D eigenvalue weighted by atomic mass is 32.2. The van der Waals surface area contributed by atoms with E-state index >= 15 is 0 Å². The Morgan fingerprint density at radius 1 is 1.56 bits per heavy atom. The summed E-state index contributed by atoms with van der Waals surface area (Å²) in [7, 11) is 0. The molecule has 1 aromatic carbocycles. The first kappa shape index (κ1) is 11.5. The first-order valence-electron chi connectivity index (χ1n) is 5.53. The van der Waals surface area contributed by atoms with E-state index in [2.05, 4.69) is 6.07 Å². The highest BCUT2D eigenvalue weighted by Crippen LogP contribution is 2.34. The fourth-order valence-electron chi connectivity index (χ4n) is 1.77. The predicted molar refractivity (Wildman–Crippen MR) is 67.8 cm³/mol. The zero-order valence-corrected chi connectivity index (χ0v) is 10.2. The second-order valence-corrected chi connectivity index (χ2v) is 4.96. The number of hydrogen-bond donors (Lipinski definition) is 1. The van der Waals surface area contributed by atoms with Crippen LogP contribution in [-0.4, -0.2) is 24.2 Å². The van der Waals surface area contributed by atoms with Crippen molar-refractivity contribution >= 4 is 23.4 Å². The third-order valence-electron chi connectivity index (χ3n) is 2.75. The van der Waals surface area contributed by atoms with Crippen molar-refractivity contribution in [2.75, 3.05) is 17.2 Å². The minimum atomic E-state index is -0.379. The molecule has 86 valence electrons.